The second-order valence-electron chi connectivity index (χ2n) is 5.88. The molecule has 2 aromatic heterocycles. The number of carbonyl (C=O) groups excluding carboxylic acids is 2. The van der Waals surface area contributed by atoms with Gasteiger partial charge in [0.2, 0.25) is 11.8 Å². The van der Waals surface area contributed by atoms with Crippen LogP contribution in [0.2, 0.25) is 0 Å². The monoisotopic (exact) mass is 360 g/mol. The first kappa shape index (κ1) is 17.4. The molecule has 2 aromatic rings. The SMILES string of the molecule is NC(=O)Cn1ccnc1[C@@H]1CCCN(C(=O)CSc2ncccn2)C1. The van der Waals surface area contributed by atoms with Crippen LogP contribution in [0.3, 0.4) is 0 Å². The van der Waals surface area contributed by atoms with Crippen LogP contribution in [0.25, 0.3) is 0 Å². The van der Waals surface area contributed by atoms with Crippen molar-refractivity contribution in [1.82, 2.24) is 24.4 Å². The zero-order chi connectivity index (χ0) is 17.6. The molecule has 9 heteroatoms. The van der Waals surface area contributed by atoms with Crippen LogP contribution in [0.15, 0.2) is 36.0 Å². The summed E-state index contributed by atoms with van der Waals surface area (Å²) in [7, 11) is 0. The van der Waals surface area contributed by atoms with Crippen LogP contribution in [-0.2, 0) is 16.1 Å². The fourth-order valence-corrected chi connectivity index (χ4v) is 3.68. The predicted octanol–water partition coefficient (Wildman–Crippen LogP) is 0.657. The molecule has 8 nitrogen and oxygen atoms in total. The number of piperidine rings is 1. The van der Waals surface area contributed by atoms with Gasteiger partial charge in [-0.05, 0) is 18.9 Å². The molecule has 2 amide bonds. The molecule has 0 aromatic carbocycles. The van der Waals surface area contributed by atoms with E-state index in [2.05, 4.69) is 15.0 Å². The highest BCUT2D eigenvalue weighted by molar-refractivity contribution is 7.99. The third-order valence-corrected chi connectivity index (χ3v) is 4.94. The molecule has 132 valence electrons. The average molecular weight is 360 g/mol. The van der Waals surface area contributed by atoms with Crippen molar-refractivity contribution in [3.8, 4) is 0 Å². The molecule has 1 atom stereocenters. The lowest BCUT2D eigenvalue weighted by Gasteiger charge is -2.32. The van der Waals surface area contributed by atoms with Crippen LogP contribution in [0, 0.1) is 0 Å². The second kappa shape index (κ2) is 8.11. The van der Waals surface area contributed by atoms with Gasteiger partial charge in [-0.2, -0.15) is 0 Å². The molecule has 3 rings (SSSR count). The quantitative estimate of drug-likeness (QED) is 0.599. The van der Waals surface area contributed by atoms with E-state index in [1.54, 1.807) is 35.4 Å². The van der Waals surface area contributed by atoms with Crippen LogP contribution in [-0.4, -0.2) is 55.1 Å². The van der Waals surface area contributed by atoms with Crippen molar-refractivity contribution in [3.05, 3.63) is 36.7 Å². The maximum Gasteiger partial charge on any atom is 0.237 e. The maximum atomic E-state index is 12.5. The predicted molar refractivity (Wildman–Crippen MR) is 92.7 cm³/mol. The zero-order valence-electron chi connectivity index (χ0n) is 13.7. The Balaban J connectivity index is 1.60. The summed E-state index contributed by atoms with van der Waals surface area (Å²) in [6, 6.07) is 1.75. The topological polar surface area (TPSA) is 107 Å². The van der Waals surface area contributed by atoms with E-state index in [0.717, 1.165) is 25.2 Å². The summed E-state index contributed by atoms with van der Waals surface area (Å²) < 4.78 is 1.77. The van der Waals surface area contributed by atoms with Gasteiger partial charge in [-0.3, -0.25) is 9.59 Å². The first-order valence-corrected chi connectivity index (χ1v) is 9.09. The zero-order valence-corrected chi connectivity index (χ0v) is 14.6. The molecule has 0 unspecified atom stereocenters. The Labute approximate surface area is 149 Å². The highest BCUT2D eigenvalue weighted by Gasteiger charge is 2.27. The Bertz CT molecular complexity index is 735. The molecule has 3 heterocycles. The van der Waals surface area contributed by atoms with E-state index in [-0.39, 0.29) is 18.4 Å². The molecular formula is C16H20N6O2S. The molecule has 0 radical (unpaired) electrons. The van der Waals surface area contributed by atoms with E-state index in [9.17, 15) is 9.59 Å². The minimum absolute atomic E-state index is 0.0650. The van der Waals surface area contributed by atoms with Gasteiger partial charge >= 0.3 is 0 Å². The van der Waals surface area contributed by atoms with E-state index < -0.39 is 5.91 Å². The van der Waals surface area contributed by atoms with Crippen LogP contribution >= 0.6 is 11.8 Å². The molecule has 2 N–H and O–H groups in total. The Morgan fingerprint density at radius 1 is 1.24 bits per heavy atom. The molecule has 0 aliphatic carbocycles. The first-order valence-electron chi connectivity index (χ1n) is 8.10. The fraction of sp³-hybridized carbons (Fsp3) is 0.438. The largest absolute Gasteiger partial charge is 0.368 e. The minimum Gasteiger partial charge on any atom is -0.368 e. The molecule has 0 bridgehead atoms. The summed E-state index contributed by atoms with van der Waals surface area (Å²) in [4.78, 5) is 38.1. The van der Waals surface area contributed by atoms with Crippen molar-refractivity contribution in [3.63, 3.8) is 0 Å². The number of primary amides is 1. The standard InChI is InChI=1S/C16H20N6O2S/c17-13(23)10-22-8-6-18-15(22)12-3-1-7-21(9-12)14(24)11-25-16-19-4-2-5-20-16/h2,4-6,8,12H,1,3,7,9-11H2,(H2,17,23)/t12-/m1/s1. The number of imidazole rings is 1. The number of hydrogen-bond donors (Lipinski definition) is 1. The summed E-state index contributed by atoms with van der Waals surface area (Å²) in [6.07, 6.45) is 8.59. The van der Waals surface area contributed by atoms with E-state index >= 15 is 0 Å². The normalized spacial score (nSPS) is 17.4. The van der Waals surface area contributed by atoms with Crippen molar-refractivity contribution in [1.29, 1.82) is 0 Å². The molecule has 1 aliphatic heterocycles. The number of carbonyl (C=O) groups is 2. The minimum atomic E-state index is -0.401. The smallest absolute Gasteiger partial charge is 0.237 e. The lowest BCUT2D eigenvalue weighted by molar-refractivity contribution is -0.129. The molecule has 0 saturated carbocycles. The summed E-state index contributed by atoms with van der Waals surface area (Å²) in [6.45, 7) is 1.45. The van der Waals surface area contributed by atoms with Crippen LogP contribution in [0.5, 0.6) is 0 Å². The van der Waals surface area contributed by atoms with Crippen molar-refractivity contribution in [2.24, 2.45) is 5.73 Å². The van der Waals surface area contributed by atoms with Gasteiger partial charge in [0.25, 0.3) is 0 Å². The third kappa shape index (κ3) is 4.56. The Morgan fingerprint density at radius 2 is 2.04 bits per heavy atom. The number of rotatable bonds is 6. The Morgan fingerprint density at radius 3 is 2.80 bits per heavy atom. The van der Waals surface area contributed by atoms with E-state index in [1.807, 2.05) is 4.90 Å². The number of likely N-dealkylation sites (tertiary alicyclic amines) is 1. The summed E-state index contributed by atoms with van der Waals surface area (Å²) in [5.74, 6) is 0.907. The van der Waals surface area contributed by atoms with Gasteiger partial charge in [0.15, 0.2) is 5.16 Å². The molecule has 1 saturated heterocycles. The molecule has 1 fully saturated rings. The average Bonchev–Trinajstić information content (AvgIpc) is 3.08. The van der Waals surface area contributed by atoms with Gasteiger partial charge < -0.3 is 15.2 Å². The second-order valence-corrected chi connectivity index (χ2v) is 6.82. The molecular weight excluding hydrogens is 340 g/mol. The summed E-state index contributed by atoms with van der Waals surface area (Å²) >= 11 is 1.34. The first-order chi connectivity index (χ1) is 12.1. The number of aromatic nitrogens is 4. The fourth-order valence-electron chi connectivity index (χ4n) is 2.97. The molecule has 25 heavy (non-hydrogen) atoms. The van der Waals surface area contributed by atoms with Crippen molar-refractivity contribution in [2.75, 3.05) is 18.8 Å². The van der Waals surface area contributed by atoms with Crippen LogP contribution < -0.4 is 5.73 Å². The van der Waals surface area contributed by atoms with Gasteiger partial charge in [0, 0.05) is 43.8 Å². The van der Waals surface area contributed by atoms with Gasteiger partial charge in [0.05, 0.1) is 5.75 Å². The molecule has 0 spiro atoms. The number of nitrogens with zero attached hydrogens (tertiary/aromatic N) is 5. The lowest BCUT2D eigenvalue weighted by atomic mass is 9.97. The number of nitrogens with two attached hydrogens (primary N) is 1. The Hall–Kier alpha value is -2.42. The van der Waals surface area contributed by atoms with Gasteiger partial charge in [-0.15, -0.1) is 0 Å². The highest BCUT2D eigenvalue weighted by atomic mass is 32.2. The Kier molecular flexibility index (Phi) is 5.64. The van der Waals surface area contributed by atoms with Gasteiger partial charge in [0.1, 0.15) is 12.4 Å². The lowest BCUT2D eigenvalue weighted by Crippen LogP contribution is -2.40. The van der Waals surface area contributed by atoms with E-state index in [0.29, 0.717) is 17.5 Å². The highest BCUT2D eigenvalue weighted by Crippen LogP contribution is 2.26. The molecule has 1 aliphatic rings. The van der Waals surface area contributed by atoms with E-state index in [4.69, 9.17) is 5.73 Å². The van der Waals surface area contributed by atoms with E-state index in [1.165, 1.54) is 11.8 Å². The number of hydrogen-bond acceptors (Lipinski definition) is 6. The van der Waals surface area contributed by atoms with Gasteiger partial charge in [-0.1, -0.05) is 11.8 Å². The van der Waals surface area contributed by atoms with Crippen molar-refractivity contribution >= 4 is 23.6 Å². The van der Waals surface area contributed by atoms with Crippen LogP contribution in [0.1, 0.15) is 24.6 Å². The number of thioether (sulfide) groups is 1. The van der Waals surface area contributed by atoms with Crippen molar-refractivity contribution in [2.45, 2.75) is 30.5 Å². The summed E-state index contributed by atoms with van der Waals surface area (Å²) in [5.41, 5.74) is 5.29. The summed E-state index contributed by atoms with van der Waals surface area (Å²) in [5, 5.41) is 0.599. The third-order valence-electron chi connectivity index (χ3n) is 4.08. The van der Waals surface area contributed by atoms with Gasteiger partial charge in [-0.25, -0.2) is 15.0 Å². The number of amides is 2. The van der Waals surface area contributed by atoms with Crippen LogP contribution in [0.4, 0.5) is 0 Å². The van der Waals surface area contributed by atoms with Crippen molar-refractivity contribution < 1.29 is 9.59 Å². The maximum absolute atomic E-state index is 12.5.